The lowest BCUT2D eigenvalue weighted by atomic mass is 9.91. The SMILES string of the molecule is CC(C)CCCC(C)CCCC(C)CCCC(C)CCSSCCOP(O)OCCSSCCC(C)CCCC(C)CCCC(C)CCCC(C)C. The van der Waals surface area contributed by atoms with Gasteiger partial charge in [-0.15, -0.1) is 0 Å². The van der Waals surface area contributed by atoms with Crippen LogP contribution >= 0.6 is 51.8 Å². The van der Waals surface area contributed by atoms with Gasteiger partial charge in [-0.1, -0.05) is 228 Å². The lowest BCUT2D eigenvalue weighted by molar-refractivity contribution is 0.219. The van der Waals surface area contributed by atoms with Gasteiger partial charge in [-0.2, -0.15) is 0 Å². The van der Waals surface area contributed by atoms with E-state index in [0.717, 1.165) is 58.8 Å². The molecule has 0 spiro atoms. The van der Waals surface area contributed by atoms with E-state index in [-0.39, 0.29) is 0 Å². The Bertz CT molecular complexity index is 676. The quantitative estimate of drug-likeness (QED) is 0.0375. The van der Waals surface area contributed by atoms with Crippen molar-refractivity contribution < 1.29 is 13.9 Å². The maximum Gasteiger partial charge on any atom is 0.329 e. The van der Waals surface area contributed by atoms with Crippen LogP contribution in [0.15, 0.2) is 0 Å². The predicted molar refractivity (Wildman–Crippen MR) is 248 cm³/mol. The highest BCUT2D eigenvalue weighted by molar-refractivity contribution is 8.77. The summed E-state index contributed by atoms with van der Waals surface area (Å²) in [6, 6.07) is 0. The van der Waals surface area contributed by atoms with Crippen LogP contribution in [-0.4, -0.2) is 41.1 Å². The van der Waals surface area contributed by atoms with Crippen LogP contribution in [0.3, 0.4) is 0 Å². The fourth-order valence-corrected chi connectivity index (χ4v) is 11.9. The van der Waals surface area contributed by atoms with E-state index in [1.165, 1.54) is 140 Å². The van der Waals surface area contributed by atoms with Gasteiger partial charge in [0.25, 0.3) is 0 Å². The van der Waals surface area contributed by atoms with E-state index in [4.69, 9.17) is 9.05 Å². The van der Waals surface area contributed by atoms with Crippen molar-refractivity contribution in [2.75, 3.05) is 36.2 Å². The molecular weight excluding hydrogens is 736 g/mol. The molecule has 0 aliphatic carbocycles. The van der Waals surface area contributed by atoms with Gasteiger partial charge in [-0.25, -0.2) is 0 Å². The first-order valence-corrected chi connectivity index (χ1v) is 28.2. The van der Waals surface area contributed by atoms with Crippen LogP contribution in [0, 0.1) is 47.3 Å². The molecule has 0 aliphatic rings. The number of hydrogen-bond acceptors (Lipinski definition) is 7. The zero-order chi connectivity index (χ0) is 38.8. The summed E-state index contributed by atoms with van der Waals surface area (Å²) in [5, 5.41) is 0. The fraction of sp³-hybridized carbons (Fsp3) is 1.00. The topological polar surface area (TPSA) is 38.7 Å². The van der Waals surface area contributed by atoms with Crippen LogP contribution in [0.2, 0.25) is 0 Å². The van der Waals surface area contributed by atoms with Gasteiger partial charge in [-0.3, -0.25) is 0 Å². The molecule has 0 heterocycles. The molecule has 0 saturated carbocycles. The van der Waals surface area contributed by atoms with Gasteiger partial charge in [0.15, 0.2) is 0 Å². The van der Waals surface area contributed by atoms with E-state index < -0.39 is 8.60 Å². The summed E-state index contributed by atoms with van der Waals surface area (Å²) in [5.41, 5.74) is 0. The molecule has 6 unspecified atom stereocenters. The maximum atomic E-state index is 10.1. The van der Waals surface area contributed by atoms with Crippen molar-refractivity contribution in [1.82, 2.24) is 0 Å². The molecule has 314 valence electrons. The Balaban J connectivity index is 3.53. The Morgan fingerprint density at radius 1 is 0.346 bits per heavy atom. The maximum absolute atomic E-state index is 10.1. The highest BCUT2D eigenvalue weighted by Gasteiger charge is 2.11. The average molecular weight is 827 g/mol. The van der Waals surface area contributed by atoms with Gasteiger partial charge in [0.1, 0.15) is 0 Å². The summed E-state index contributed by atoms with van der Waals surface area (Å²) in [5.74, 6) is 11.1. The van der Waals surface area contributed by atoms with Crippen LogP contribution in [0.1, 0.15) is 198 Å². The van der Waals surface area contributed by atoms with E-state index in [1.54, 1.807) is 0 Å². The Hall–Kier alpha value is 1.71. The van der Waals surface area contributed by atoms with Gasteiger partial charge in [-0.05, 0) is 60.2 Å². The highest BCUT2D eigenvalue weighted by Crippen LogP contribution is 2.35. The Kier molecular flexibility index (Phi) is 39.5. The van der Waals surface area contributed by atoms with Gasteiger partial charge in [0.05, 0.1) is 13.2 Å². The highest BCUT2D eigenvalue weighted by atomic mass is 33.1. The summed E-state index contributed by atoms with van der Waals surface area (Å²) < 4.78 is 11.1. The summed E-state index contributed by atoms with van der Waals surface area (Å²) in [6.45, 7) is 25.2. The fourth-order valence-electron chi connectivity index (χ4n) is 6.94. The molecule has 0 radical (unpaired) electrons. The van der Waals surface area contributed by atoms with Crippen LogP contribution in [0.25, 0.3) is 0 Å². The molecular formula is C44H91O3PS4. The molecule has 0 fully saturated rings. The summed E-state index contributed by atoms with van der Waals surface area (Å²) in [4.78, 5) is 10.1. The molecule has 8 heteroatoms. The third kappa shape index (κ3) is 39.9. The molecule has 0 aromatic rings. The molecule has 3 nitrogen and oxygen atoms in total. The van der Waals surface area contributed by atoms with Crippen molar-refractivity contribution in [1.29, 1.82) is 0 Å². The third-order valence-corrected chi connectivity index (χ3v) is 16.4. The predicted octanol–water partition coefficient (Wildman–Crippen LogP) is 16.9. The minimum Gasteiger partial charge on any atom is -0.328 e. The van der Waals surface area contributed by atoms with Crippen molar-refractivity contribution in [3.63, 3.8) is 0 Å². The largest absolute Gasteiger partial charge is 0.329 e. The minimum atomic E-state index is -1.75. The molecule has 52 heavy (non-hydrogen) atoms. The van der Waals surface area contributed by atoms with Gasteiger partial charge < -0.3 is 13.9 Å². The van der Waals surface area contributed by atoms with Crippen LogP contribution in [0.4, 0.5) is 0 Å². The van der Waals surface area contributed by atoms with Gasteiger partial charge in [0, 0.05) is 23.0 Å². The second kappa shape index (κ2) is 38.2. The molecule has 0 rings (SSSR count). The average Bonchev–Trinajstić information content (AvgIpc) is 3.07. The molecule has 0 aromatic heterocycles. The second-order valence-electron chi connectivity index (χ2n) is 17.8. The van der Waals surface area contributed by atoms with E-state index in [2.05, 4.69) is 69.2 Å². The Labute approximate surface area is 345 Å². The summed E-state index contributed by atoms with van der Waals surface area (Å²) in [6.07, 6.45) is 27.8. The normalized spacial score (nSPS) is 16.3. The lowest BCUT2D eigenvalue weighted by Crippen LogP contribution is -2.02. The first-order chi connectivity index (χ1) is 24.9. The molecule has 0 aromatic carbocycles. The summed E-state index contributed by atoms with van der Waals surface area (Å²) >= 11 is 0. The van der Waals surface area contributed by atoms with E-state index in [1.807, 2.05) is 43.2 Å². The van der Waals surface area contributed by atoms with Crippen LogP contribution in [-0.2, 0) is 9.05 Å². The standard InChI is InChI=1S/C44H91O3PS4/c1-37(2)17-11-19-39(5)21-13-23-41(7)25-15-27-43(9)29-33-49-51-35-31-46-48(45)47-32-36-52-50-34-30-44(10)28-16-26-42(8)24-14-22-40(6)20-12-18-38(3)4/h37-45H,11-36H2,1-10H3. The Morgan fingerprint density at radius 2 is 0.577 bits per heavy atom. The molecule has 0 saturated heterocycles. The molecule has 0 bridgehead atoms. The molecule has 6 atom stereocenters. The van der Waals surface area contributed by atoms with Crippen LogP contribution < -0.4 is 0 Å². The second-order valence-corrected chi connectivity index (χ2v) is 24.2. The van der Waals surface area contributed by atoms with Crippen molar-refractivity contribution >= 4 is 51.8 Å². The smallest absolute Gasteiger partial charge is 0.328 e. The van der Waals surface area contributed by atoms with Crippen molar-refractivity contribution in [3.8, 4) is 0 Å². The van der Waals surface area contributed by atoms with E-state index in [0.29, 0.717) is 13.2 Å². The Morgan fingerprint density at radius 3 is 0.846 bits per heavy atom. The monoisotopic (exact) mass is 827 g/mol. The number of hydrogen-bond donors (Lipinski definition) is 1. The first-order valence-electron chi connectivity index (χ1n) is 22.1. The molecule has 0 amide bonds. The minimum absolute atomic E-state index is 0.556. The molecule has 1 N–H and O–H groups in total. The van der Waals surface area contributed by atoms with Crippen molar-refractivity contribution in [2.45, 2.75) is 198 Å². The lowest BCUT2D eigenvalue weighted by Gasteiger charge is -2.16. The number of rotatable bonds is 40. The van der Waals surface area contributed by atoms with Crippen molar-refractivity contribution in [3.05, 3.63) is 0 Å². The van der Waals surface area contributed by atoms with E-state index >= 15 is 0 Å². The van der Waals surface area contributed by atoms with Crippen molar-refractivity contribution in [2.24, 2.45) is 47.3 Å². The molecule has 0 aliphatic heterocycles. The van der Waals surface area contributed by atoms with E-state index in [9.17, 15) is 4.89 Å². The van der Waals surface area contributed by atoms with Gasteiger partial charge in [0.2, 0.25) is 0 Å². The first kappa shape index (κ1) is 53.7. The zero-order valence-corrected chi connectivity index (χ0v) is 40.5. The van der Waals surface area contributed by atoms with Crippen LogP contribution in [0.5, 0.6) is 0 Å². The zero-order valence-electron chi connectivity index (χ0n) is 36.3. The third-order valence-electron chi connectivity index (χ3n) is 10.8. The van der Waals surface area contributed by atoms with Gasteiger partial charge >= 0.3 is 8.60 Å². The summed E-state index contributed by atoms with van der Waals surface area (Å²) in [7, 11) is 5.88.